The summed E-state index contributed by atoms with van der Waals surface area (Å²) in [5, 5.41) is 11.3. The van der Waals surface area contributed by atoms with Gasteiger partial charge < -0.3 is 10.1 Å². The molecular formula is C12H9N3O2. The SMILES string of the molecule is O=c1[nH]c(O)c(/C=C2/C=c3ccccc3=N2)[nH]1. The predicted octanol–water partition coefficient (Wildman–Crippen LogP) is -0.137. The number of para-hydroxylation sites is 1. The first-order chi connectivity index (χ1) is 8.22. The molecule has 1 aromatic carbocycles. The summed E-state index contributed by atoms with van der Waals surface area (Å²) in [5.74, 6) is -0.179. The Morgan fingerprint density at radius 1 is 1.24 bits per heavy atom. The Morgan fingerprint density at radius 3 is 2.76 bits per heavy atom. The van der Waals surface area contributed by atoms with Crippen molar-refractivity contribution in [2.75, 3.05) is 0 Å². The third-order valence-corrected chi connectivity index (χ3v) is 2.52. The van der Waals surface area contributed by atoms with Crippen LogP contribution in [0.2, 0.25) is 0 Å². The maximum Gasteiger partial charge on any atom is 0.326 e. The van der Waals surface area contributed by atoms with E-state index >= 15 is 0 Å². The molecule has 0 saturated carbocycles. The van der Waals surface area contributed by atoms with Crippen molar-refractivity contribution in [3.05, 3.63) is 56.7 Å². The van der Waals surface area contributed by atoms with Gasteiger partial charge in [0.25, 0.3) is 0 Å². The minimum atomic E-state index is -0.440. The van der Waals surface area contributed by atoms with Gasteiger partial charge in [-0.15, -0.1) is 0 Å². The van der Waals surface area contributed by atoms with Gasteiger partial charge in [0.2, 0.25) is 5.88 Å². The van der Waals surface area contributed by atoms with Gasteiger partial charge in [0.1, 0.15) is 5.69 Å². The van der Waals surface area contributed by atoms with Gasteiger partial charge in [-0.25, -0.2) is 9.79 Å². The summed E-state index contributed by atoms with van der Waals surface area (Å²) in [7, 11) is 0. The lowest BCUT2D eigenvalue weighted by Gasteiger charge is -1.89. The molecule has 1 aromatic heterocycles. The van der Waals surface area contributed by atoms with E-state index in [9.17, 15) is 9.90 Å². The third-order valence-electron chi connectivity index (χ3n) is 2.52. The minimum absolute atomic E-state index is 0.179. The summed E-state index contributed by atoms with van der Waals surface area (Å²) in [6.45, 7) is 0. The van der Waals surface area contributed by atoms with Gasteiger partial charge in [-0.2, -0.15) is 0 Å². The Labute approximate surface area is 95.5 Å². The van der Waals surface area contributed by atoms with Crippen LogP contribution in [-0.4, -0.2) is 15.1 Å². The highest BCUT2D eigenvalue weighted by molar-refractivity contribution is 5.65. The van der Waals surface area contributed by atoms with E-state index in [1.165, 1.54) is 0 Å². The average Bonchev–Trinajstić information content (AvgIpc) is 2.82. The van der Waals surface area contributed by atoms with Crippen LogP contribution in [0.3, 0.4) is 0 Å². The Bertz CT molecular complexity index is 744. The van der Waals surface area contributed by atoms with Crippen LogP contribution < -0.4 is 16.3 Å². The zero-order chi connectivity index (χ0) is 11.8. The molecular weight excluding hydrogens is 218 g/mol. The zero-order valence-electron chi connectivity index (χ0n) is 8.77. The third kappa shape index (κ3) is 1.67. The second-order valence-corrected chi connectivity index (χ2v) is 3.73. The Hall–Kier alpha value is -2.56. The van der Waals surface area contributed by atoms with Crippen LogP contribution >= 0.6 is 0 Å². The molecule has 17 heavy (non-hydrogen) atoms. The van der Waals surface area contributed by atoms with Crippen molar-refractivity contribution in [3.63, 3.8) is 0 Å². The highest BCUT2D eigenvalue weighted by Crippen LogP contribution is 2.14. The summed E-state index contributed by atoms with van der Waals surface area (Å²) in [6.07, 6.45) is 3.51. The monoisotopic (exact) mass is 227 g/mol. The number of benzene rings is 1. The molecule has 1 aliphatic heterocycles. The highest BCUT2D eigenvalue weighted by atomic mass is 16.3. The molecule has 3 N–H and O–H groups in total. The molecule has 84 valence electrons. The number of aromatic hydroxyl groups is 1. The molecule has 2 aromatic rings. The molecule has 2 heterocycles. The molecule has 0 bridgehead atoms. The number of nitrogens with zero attached hydrogens (tertiary/aromatic N) is 1. The lowest BCUT2D eigenvalue weighted by Crippen LogP contribution is -2.19. The number of allylic oxidation sites excluding steroid dienone is 1. The second-order valence-electron chi connectivity index (χ2n) is 3.73. The van der Waals surface area contributed by atoms with Gasteiger partial charge >= 0.3 is 5.69 Å². The van der Waals surface area contributed by atoms with Crippen LogP contribution in [-0.2, 0) is 0 Å². The molecule has 5 heteroatoms. The number of hydrogen-bond donors (Lipinski definition) is 3. The molecule has 0 radical (unpaired) electrons. The Kier molecular flexibility index (Phi) is 1.98. The number of rotatable bonds is 1. The molecule has 3 rings (SSSR count). The van der Waals surface area contributed by atoms with Crippen molar-refractivity contribution >= 4 is 12.2 Å². The molecule has 0 amide bonds. The van der Waals surface area contributed by atoms with Crippen LogP contribution in [0, 0.1) is 0 Å². The summed E-state index contributed by atoms with van der Waals surface area (Å²) in [5.41, 5.74) is 0.583. The maximum atomic E-state index is 11.0. The van der Waals surface area contributed by atoms with E-state index in [0.29, 0.717) is 11.4 Å². The average molecular weight is 227 g/mol. The van der Waals surface area contributed by atoms with Crippen molar-refractivity contribution in [1.82, 2.24) is 9.97 Å². The second kappa shape index (κ2) is 3.48. The predicted molar refractivity (Wildman–Crippen MR) is 62.7 cm³/mol. The number of H-pyrrole nitrogens is 2. The number of aromatic amines is 2. The fraction of sp³-hybridized carbons (Fsp3) is 0. The standard InChI is InChI=1S/C12H9N3O2/c16-11-10(14-12(17)15-11)6-8-5-7-3-1-2-4-9(7)13-8/h1-6,16H,(H2,14,15,17)/b8-6-. The van der Waals surface area contributed by atoms with Crippen molar-refractivity contribution in [2.24, 2.45) is 4.99 Å². The summed E-state index contributed by atoms with van der Waals surface area (Å²) in [4.78, 5) is 20.0. The van der Waals surface area contributed by atoms with Gasteiger partial charge in [-0.3, -0.25) is 4.98 Å². The van der Waals surface area contributed by atoms with E-state index in [0.717, 1.165) is 10.6 Å². The number of fused-ring (bicyclic) bond motifs is 1. The van der Waals surface area contributed by atoms with E-state index in [-0.39, 0.29) is 5.88 Å². The van der Waals surface area contributed by atoms with Gasteiger partial charge in [-0.05, 0) is 18.2 Å². The fourth-order valence-electron chi connectivity index (χ4n) is 1.76. The number of aromatic nitrogens is 2. The van der Waals surface area contributed by atoms with E-state index in [2.05, 4.69) is 15.0 Å². The van der Waals surface area contributed by atoms with E-state index in [1.807, 2.05) is 30.3 Å². The minimum Gasteiger partial charge on any atom is -0.493 e. The van der Waals surface area contributed by atoms with Crippen LogP contribution in [0.4, 0.5) is 0 Å². The van der Waals surface area contributed by atoms with Crippen LogP contribution in [0.5, 0.6) is 5.88 Å². The molecule has 5 nitrogen and oxygen atoms in total. The van der Waals surface area contributed by atoms with E-state index in [1.54, 1.807) is 6.08 Å². The van der Waals surface area contributed by atoms with Crippen molar-refractivity contribution < 1.29 is 5.11 Å². The van der Waals surface area contributed by atoms with Crippen LogP contribution in [0.25, 0.3) is 12.2 Å². The molecule has 0 aliphatic carbocycles. The van der Waals surface area contributed by atoms with Crippen molar-refractivity contribution in [2.45, 2.75) is 0 Å². The summed E-state index contributed by atoms with van der Waals surface area (Å²) >= 11 is 0. The topological polar surface area (TPSA) is 81.2 Å². The maximum absolute atomic E-state index is 11.0. The van der Waals surface area contributed by atoms with Crippen molar-refractivity contribution in [1.29, 1.82) is 0 Å². The first-order valence-electron chi connectivity index (χ1n) is 5.11. The van der Waals surface area contributed by atoms with Gasteiger partial charge in [0.05, 0.1) is 11.1 Å². The molecule has 0 saturated heterocycles. The van der Waals surface area contributed by atoms with Crippen LogP contribution in [0.15, 0.2) is 39.7 Å². The number of nitrogens with one attached hydrogen (secondary N) is 2. The molecule has 0 unspecified atom stereocenters. The number of imidazole rings is 1. The lowest BCUT2D eigenvalue weighted by molar-refractivity contribution is 0.454. The largest absolute Gasteiger partial charge is 0.493 e. The fourth-order valence-corrected chi connectivity index (χ4v) is 1.76. The Morgan fingerprint density at radius 2 is 2.06 bits per heavy atom. The Balaban J connectivity index is 2.12. The van der Waals surface area contributed by atoms with Gasteiger partial charge in [-0.1, -0.05) is 18.2 Å². The first-order valence-corrected chi connectivity index (χ1v) is 5.11. The smallest absolute Gasteiger partial charge is 0.326 e. The number of hydrogen-bond acceptors (Lipinski definition) is 3. The molecule has 1 aliphatic rings. The lowest BCUT2D eigenvalue weighted by atomic mass is 10.2. The highest BCUT2D eigenvalue weighted by Gasteiger charge is 2.05. The molecule has 0 atom stereocenters. The van der Waals surface area contributed by atoms with Crippen molar-refractivity contribution in [3.8, 4) is 5.88 Å². The first kappa shape index (κ1) is 9.65. The van der Waals surface area contributed by atoms with Gasteiger partial charge in [0, 0.05) is 5.22 Å². The van der Waals surface area contributed by atoms with E-state index < -0.39 is 5.69 Å². The molecule has 0 spiro atoms. The molecule has 0 fully saturated rings. The summed E-state index contributed by atoms with van der Waals surface area (Å²) < 4.78 is 0. The summed E-state index contributed by atoms with van der Waals surface area (Å²) in [6, 6.07) is 7.71. The quantitative estimate of drug-likeness (QED) is 0.634. The normalized spacial score (nSPS) is 15.4. The van der Waals surface area contributed by atoms with Gasteiger partial charge in [0.15, 0.2) is 0 Å². The zero-order valence-corrected chi connectivity index (χ0v) is 8.77. The van der Waals surface area contributed by atoms with E-state index in [4.69, 9.17) is 0 Å². The van der Waals surface area contributed by atoms with Crippen LogP contribution in [0.1, 0.15) is 5.69 Å².